The zero-order valence-electron chi connectivity index (χ0n) is 20.6. The van der Waals surface area contributed by atoms with E-state index in [0.29, 0.717) is 18.7 Å². The number of piperazine rings is 1. The van der Waals surface area contributed by atoms with Gasteiger partial charge in [-0.3, -0.25) is 14.9 Å². The van der Waals surface area contributed by atoms with Crippen LogP contribution in [0.1, 0.15) is 26.3 Å². The van der Waals surface area contributed by atoms with E-state index in [9.17, 15) is 9.59 Å². The number of aryl methyl sites for hydroxylation is 1. The second-order valence-corrected chi connectivity index (χ2v) is 9.52. The smallest absolute Gasteiger partial charge is 0.257 e. The van der Waals surface area contributed by atoms with E-state index in [0.717, 1.165) is 46.4 Å². The van der Waals surface area contributed by atoms with Crippen LogP contribution in [-0.4, -0.2) is 48.0 Å². The molecule has 1 heterocycles. The summed E-state index contributed by atoms with van der Waals surface area (Å²) < 4.78 is 0. The van der Waals surface area contributed by atoms with Gasteiger partial charge in [0.05, 0.1) is 0 Å². The van der Waals surface area contributed by atoms with Crippen molar-refractivity contribution < 1.29 is 9.59 Å². The van der Waals surface area contributed by atoms with E-state index in [4.69, 9.17) is 12.2 Å². The highest BCUT2D eigenvalue weighted by Gasteiger charge is 2.23. The van der Waals surface area contributed by atoms with E-state index >= 15 is 0 Å². The molecule has 6 nitrogen and oxygen atoms in total. The van der Waals surface area contributed by atoms with Gasteiger partial charge in [0.2, 0.25) is 0 Å². The van der Waals surface area contributed by atoms with Gasteiger partial charge < -0.3 is 15.1 Å². The minimum Gasteiger partial charge on any atom is -0.368 e. The Kier molecular flexibility index (Phi) is 7.14. The Morgan fingerprint density at radius 2 is 1.46 bits per heavy atom. The number of fused-ring (bicyclic) bond motifs is 1. The third kappa shape index (κ3) is 5.62. The van der Waals surface area contributed by atoms with Gasteiger partial charge in [0.25, 0.3) is 11.8 Å². The summed E-state index contributed by atoms with van der Waals surface area (Å²) in [6.07, 6.45) is 0. The molecule has 186 valence electrons. The number of nitrogens with one attached hydrogen (secondary N) is 2. The van der Waals surface area contributed by atoms with E-state index in [1.807, 2.05) is 96.8 Å². The normalized spacial score (nSPS) is 13.3. The van der Waals surface area contributed by atoms with Crippen molar-refractivity contribution in [2.75, 3.05) is 36.4 Å². The van der Waals surface area contributed by atoms with Crippen molar-refractivity contribution in [3.05, 3.63) is 108 Å². The third-order valence-electron chi connectivity index (χ3n) is 6.67. The second-order valence-electron chi connectivity index (χ2n) is 9.11. The molecule has 0 radical (unpaired) electrons. The van der Waals surface area contributed by atoms with Gasteiger partial charge in [-0.05, 0) is 77.9 Å². The molecule has 7 heteroatoms. The molecule has 0 aromatic heterocycles. The average molecular weight is 509 g/mol. The van der Waals surface area contributed by atoms with Crippen molar-refractivity contribution in [1.82, 2.24) is 10.2 Å². The van der Waals surface area contributed by atoms with Crippen molar-refractivity contribution in [1.29, 1.82) is 0 Å². The number of thiocarbonyl (C=S) groups is 1. The van der Waals surface area contributed by atoms with Crippen LogP contribution >= 0.6 is 12.2 Å². The summed E-state index contributed by atoms with van der Waals surface area (Å²) in [7, 11) is 0. The number of rotatable bonds is 4. The van der Waals surface area contributed by atoms with E-state index in [-0.39, 0.29) is 16.9 Å². The van der Waals surface area contributed by atoms with E-state index in [1.165, 1.54) is 0 Å². The summed E-state index contributed by atoms with van der Waals surface area (Å²) in [5, 5.41) is 8.17. The van der Waals surface area contributed by atoms with Gasteiger partial charge in [-0.15, -0.1) is 0 Å². The molecule has 4 aromatic carbocycles. The van der Waals surface area contributed by atoms with Gasteiger partial charge in [-0.25, -0.2) is 0 Å². The Bertz CT molecular complexity index is 1460. The lowest BCUT2D eigenvalue weighted by molar-refractivity contribution is 0.0746. The van der Waals surface area contributed by atoms with Gasteiger partial charge in [-0.2, -0.15) is 0 Å². The van der Waals surface area contributed by atoms with Gasteiger partial charge in [-0.1, -0.05) is 48.5 Å². The van der Waals surface area contributed by atoms with Crippen LogP contribution in [0.4, 0.5) is 11.4 Å². The minimum absolute atomic E-state index is 0.0940. The largest absolute Gasteiger partial charge is 0.368 e. The number of hydrogen-bond donors (Lipinski definition) is 2. The predicted octanol–water partition coefficient (Wildman–Crippen LogP) is 5.24. The second kappa shape index (κ2) is 10.8. The number of benzene rings is 4. The lowest BCUT2D eigenvalue weighted by atomic mass is 10.1. The fourth-order valence-corrected chi connectivity index (χ4v) is 4.79. The average Bonchev–Trinajstić information content (AvgIpc) is 2.93. The molecule has 0 unspecified atom stereocenters. The summed E-state index contributed by atoms with van der Waals surface area (Å²) >= 11 is 5.36. The first kappa shape index (κ1) is 24.5. The Balaban J connectivity index is 1.14. The molecular formula is C30H28N4O2S. The Hall–Kier alpha value is -4.23. The van der Waals surface area contributed by atoms with Crippen molar-refractivity contribution in [2.24, 2.45) is 0 Å². The molecule has 0 bridgehead atoms. The fourth-order valence-electron chi connectivity index (χ4n) is 4.57. The highest BCUT2D eigenvalue weighted by molar-refractivity contribution is 7.80. The van der Waals surface area contributed by atoms with Crippen LogP contribution < -0.4 is 15.5 Å². The maximum absolute atomic E-state index is 12.9. The highest BCUT2D eigenvalue weighted by Crippen LogP contribution is 2.21. The topological polar surface area (TPSA) is 64.7 Å². The molecule has 0 atom stereocenters. The van der Waals surface area contributed by atoms with Crippen molar-refractivity contribution in [3.8, 4) is 0 Å². The lowest BCUT2D eigenvalue weighted by Gasteiger charge is -2.36. The molecule has 0 spiro atoms. The van der Waals surface area contributed by atoms with Gasteiger partial charge in [0.15, 0.2) is 5.11 Å². The molecule has 2 N–H and O–H groups in total. The molecular weight excluding hydrogens is 480 g/mol. The zero-order valence-corrected chi connectivity index (χ0v) is 21.4. The summed E-state index contributed by atoms with van der Waals surface area (Å²) in [5.74, 6) is -0.158. The zero-order chi connectivity index (χ0) is 25.8. The minimum atomic E-state index is -0.252. The van der Waals surface area contributed by atoms with Gasteiger partial charge in [0, 0.05) is 48.7 Å². The molecule has 5 rings (SSSR count). The Morgan fingerprint density at radius 3 is 2.19 bits per heavy atom. The van der Waals surface area contributed by atoms with Crippen LogP contribution in [0.25, 0.3) is 10.8 Å². The van der Waals surface area contributed by atoms with Gasteiger partial charge in [0.1, 0.15) is 0 Å². The third-order valence-corrected chi connectivity index (χ3v) is 6.88. The number of nitrogens with zero attached hydrogens (tertiary/aromatic N) is 2. The summed E-state index contributed by atoms with van der Waals surface area (Å²) in [5.41, 5.74) is 4.21. The number of anilines is 2. The molecule has 37 heavy (non-hydrogen) atoms. The SMILES string of the molecule is Cc1ccccc1C(=O)N1CCN(c2ccc(NC(=S)NC(=O)c3ccc4ccccc4c3)cc2)CC1. The van der Waals surface area contributed by atoms with Crippen LogP contribution in [0, 0.1) is 6.92 Å². The number of carbonyl (C=O) groups is 2. The van der Waals surface area contributed by atoms with Gasteiger partial charge >= 0.3 is 0 Å². The molecule has 0 aliphatic carbocycles. The molecule has 4 aromatic rings. The van der Waals surface area contributed by atoms with Crippen LogP contribution in [0.3, 0.4) is 0 Å². The van der Waals surface area contributed by atoms with E-state index in [2.05, 4.69) is 15.5 Å². The first-order valence-electron chi connectivity index (χ1n) is 12.3. The molecule has 2 amide bonds. The summed E-state index contributed by atoms with van der Waals surface area (Å²) in [4.78, 5) is 29.7. The molecule has 0 saturated carbocycles. The number of amides is 2. The lowest BCUT2D eigenvalue weighted by Crippen LogP contribution is -2.48. The molecule has 1 aliphatic rings. The monoisotopic (exact) mass is 508 g/mol. The Morgan fingerprint density at radius 1 is 0.784 bits per heavy atom. The first-order valence-corrected chi connectivity index (χ1v) is 12.7. The summed E-state index contributed by atoms with van der Waals surface area (Å²) in [6, 6.07) is 29.1. The number of carbonyl (C=O) groups excluding carboxylic acids is 2. The number of hydrogen-bond acceptors (Lipinski definition) is 4. The molecule has 1 fully saturated rings. The predicted molar refractivity (Wildman–Crippen MR) is 153 cm³/mol. The van der Waals surface area contributed by atoms with Crippen LogP contribution in [-0.2, 0) is 0 Å². The van der Waals surface area contributed by atoms with Crippen LogP contribution in [0.2, 0.25) is 0 Å². The first-order chi connectivity index (χ1) is 18.0. The maximum Gasteiger partial charge on any atom is 0.257 e. The summed E-state index contributed by atoms with van der Waals surface area (Å²) in [6.45, 7) is 4.87. The van der Waals surface area contributed by atoms with Crippen molar-refractivity contribution in [2.45, 2.75) is 6.92 Å². The van der Waals surface area contributed by atoms with Crippen molar-refractivity contribution >= 4 is 51.3 Å². The fraction of sp³-hybridized carbons (Fsp3) is 0.167. The standard InChI is InChI=1S/C30H28N4O2S/c1-21-6-2-5-9-27(21)29(36)34-18-16-33(17-19-34)26-14-12-25(13-15-26)31-30(37)32-28(35)24-11-10-22-7-3-4-8-23(22)20-24/h2-15,20H,16-19H2,1H3,(H2,31,32,35,37). The molecule has 1 saturated heterocycles. The van der Waals surface area contributed by atoms with Crippen LogP contribution in [0.5, 0.6) is 0 Å². The van der Waals surface area contributed by atoms with Crippen molar-refractivity contribution in [3.63, 3.8) is 0 Å². The molecule has 1 aliphatic heterocycles. The maximum atomic E-state index is 12.9. The Labute approximate surface area is 221 Å². The highest BCUT2D eigenvalue weighted by atomic mass is 32.1. The van der Waals surface area contributed by atoms with E-state index < -0.39 is 0 Å². The van der Waals surface area contributed by atoms with Crippen LogP contribution in [0.15, 0.2) is 91.0 Å². The quantitative estimate of drug-likeness (QED) is 0.369. The van der Waals surface area contributed by atoms with E-state index in [1.54, 1.807) is 6.07 Å².